The summed E-state index contributed by atoms with van der Waals surface area (Å²) in [5, 5.41) is 15.6. The number of methoxy groups -OCH3 is 1. The second-order valence-corrected chi connectivity index (χ2v) is 12.2. The summed E-state index contributed by atoms with van der Waals surface area (Å²) in [6, 6.07) is 15.1. The molecule has 7 rings (SSSR count). The molecule has 3 saturated heterocycles. The molecule has 0 bridgehead atoms. The molecule has 224 valence electrons. The largest absolute Gasteiger partial charge is 0.496 e. The number of aromatic amines is 1. The van der Waals surface area contributed by atoms with Gasteiger partial charge in [0.2, 0.25) is 0 Å². The number of H-pyrrole nitrogens is 1. The fraction of sp³-hybridized carbons (Fsp3) is 0.515. The van der Waals surface area contributed by atoms with Crippen LogP contribution >= 0.6 is 0 Å². The topological polar surface area (TPSA) is 98.7 Å². The van der Waals surface area contributed by atoms with E-state index in [1.54, 1.807) is 13.4 Å². The lowest BCUT2D eigenvalue weighted by Crippen LogP contribution is -2.50. The van der Waals surface area contributed by atoms with Gasteiger partial charge in [-0.2, -0.15) is 0 Å². The minimum Gasteiger partial charge on any atom is -0.496 e. The van der Waals surface area contributed by atoms with E-state index in [0.29, 0.717) is 18.7 Å². The van der Waals surface area contributed by atoms with E-state index in [1.807, 2.05) is 30.3 Å². The van der Waals surface area contributed by atoms with Gasteiger partial charge in [-0.1, -0.05) is 12.1 Å². The van der Waals surface area contributed by atoms with Crippen LogP contribution in [0.1, 0.15) is 50.0 Å². The van der Waals surface area contributed by atoms with Crippen molar-refractivity contribution in [3.63, 3.8) is 0 Å². The fourth-order valence-corrected chi connectivity index (χ4v) is 6.79. The summed E-state index contributed by atoms with van der Waals surface area (Å²) in [5.74, 6) is 1.61. The van der Waals surface area contributed by atoms with E-state index in [2.05, 4.69) is 39.2 Å². The van der Waals surface area contributed by atoms with Gasteiger partial charge in [0, 0.05) is 53.9 Å². The number of hydrogen-bond donors (Lipinski definition) is 3. The van der Waals surface area contributed by atoms with Crippen LogP contribution in [0.15, 0.2) is 53.1 Å². The first-order valence-electron chi connectivity index (χ1n) is 15.4. The highest BCUT2D eigenvalue weighted by atomic mass is 16.6. The van der Waals surface area contributed by atoms with E-state index in [1.165, 1.54) is 0 Å². The molecule has 0 radical (unpaired) electrons. The first-order chi connectivity index (χ1) is 20.6. The van der Waals surface area contributed by atoms with Crippen LogP contribution in [-0.2, 0) is 11.3 Å². The quantitative estimate of drug-likeness (QED) is 0.233. The average molecular weight is 575 g/mol. The van der Waals surface area contributed by atoms with Crippen molar-refractivity contribution in [2.24, 2.45) is 0 Å². The van der Waals surface area contributed by atoms with Crippen molar-refractivity contribution >= 4 is 21.9 Å². The Kier molecular flexibility index (Phi) is 7.85. The molecule has 5 heterocycles. The monoisotopic (exact) mass is 574 g/mol. The molecule has 0 amide bonds. The average Bonchev–Trinajstić information content (AvgIpc) is 3.42. The lowest BCUT2D eigenvalue weighted by molar-refractivity contribution is 0.0498. The maximum atomic E-state index is 9.81. The summed E-state index contributed by atoms with van der Waals surface area (Å²) in [4.78, 5) is 8.69. The molecule has 3 fully saturated rings. The van der Waals surface area contributed by atoms with Crippen molar-refractivity contribution in [2.45, 2.75) is 69.7 Å². The minimum atomic E-state index is -0.109. The zero-order valence-electron chi connectivity index (χ0n) is 24.6. The Morgan fingerprint density at radius 2 is 1.83 bits per heavy atom. The molecule has 3 aliphatic rings. The Bertz CT molecular complexity index is 1500. The molecule has 0 saturated carbocycles. The molecule has 2 aromatic heterocycles. The van der Waals surface area contributed by atoms with Crippen LogP contribution in [-0.4, -0.2) is 84.1 Å². The predicted molar refractivity (Wildman–Crippen MR) is 162 cm³/mol. The van der Waals surface area contributed by atoms with Gasteiger partial charge in [-0.25, -0.2) is 0 Å². The number of fused-ring (bicyclic) bond motifs is 2. The van der Waals surface area contributed by atoms with Gasteiger partial charge in [-0.3, -0.25) is 10.2 Å². The fourth-order valence-electron chi connectivity index (χ4n) is 6.79. The van der Waals surface area contributed by atoms with E-state index >= 15 is 0 Å². The van der Waals surface area contributed by atoms with Crippen molar-refractivity contribution in [1.82, 2.24) is 20.1 Å². The summed E-state index contributed by atoms with van der Waals surface area (Å²) in [6.07, 6.45) is 5.79. The molecule has 0 aliphatic carbocycles. The zero-order valence-corrected chi connectivity index (χ0v) is 24.6. The molecule has 3 aliphatic heterocycles. The SMILES string of the molecule is COc1cccc2occ(COc3cccc4[nH]c(C5OC5NC5CCN(C[C@H](C)N6CCC(O)CC6)CC5)cc34)c12. The Balaban J connectivity index is 0.923. The van der Waals surface area contributed by atoms with Crippen LogP contribution in [0, 0.1) is 0 Å². The van der Waals surface area contributed by atoms with Crippen molar-refractivity contribution in [3.05, 3.63) is 60.0 Å². The molecule has 42 heavy (non-hydrogen) atoms. The summed E-state index contributed by atoms with van der Waals surface area (Å²) in [7, 11) is 1.67. The number of furan rings is 1. The van der Waals surface area contributed by atoms with Gasteiger partial charge < -0.3 is 33.6 Å². The van der Waals surface area contributed by atoms with E-state index in [-0.39, 0.29) is 18.4 Å². The minimum absolute atomic E-state index is 0.0276. The van der Waals surface area contributed by atoms with Crippen molar-refractivity contribution in [3.8, 4) is 11.5 Å². The molecular weight excluding hydrogens is 532 g/mol. The van der Waals surface area contributed by atoms with Crippen molar-refractivity contribution < 1.29 is 23.7 Å². The van der Waals surface area contributed by atoms with Gasteiger partial charge in [0.25, 0.3) is 0 Å². The molecule has 2 unspecified atom stereocenters. The van der Waals surface area contributed by atoms with Crippen molar-refractivity contribution in [2.75, 3.05) is 39.8 Å². The smallest absolute Gasteiger partial charge is 0.141 e. The predicted octanol–water partition coefficient (Wildman–Crippen LogP) is 4.80. The first kappa shape index (κ1) is 27.7. The van der Waals surface area contributed by atoms with E-state index < -0.39 is 0 Å². The number of nitrogens with zero attached hydrogens (tertiary/aromatic N) is 2. The number of aromatic nitrogens is 1. The molecule has 3 N–H and O–H groups in total. The third-order valence-electron chi connectivity index (χ3n) is 9.32. The normalized spacial score (nSPS) is 23.5. The number of piperidine rings is 2. The Hall–Kier alpha value is -3.08. The molecule has 4 aromatic rings. The third kappa shape index (κ3) is 5.76. The second-order valence-electron chi connectivity index (χ2n) is 12.2. The number of rotatable bonds is 10. The number of benzene rings is 2. The van der Waals surface area contributed by atoms with Crippen molar-refractivity contribution in [1.29, 1.82) is 0 Å². The van der Waals surface area contributed by atoms with E-state index in [0.717, 1.165) is 103 Å². The molecule has 0 spiro atoms. The molecular formula is C33H42N4O5. The third-order valence-corrected chi connectivity index (χ3v) is 9.32. The maximum Gasteiger partial charge on any atom is 0.141 e. The number of aliphatic hydroxyl groups is 1. The number of hydrogen-bond acceptors (Lipinski definition) is 8. The lowest BCUT2D eigenvalue weighted by atomic mass is 10.0. The van der Waals surface area contributed by atoms with E-state index in [9.17, 15) is 5.11 Å². The number of ether oxygens (including phenoxy) is 3. The molecule has 9 nitrogen and oxygen atoms in total. The van der Waals surface area contributed by atoms with Gasteiger partial charge in [-0.15, -0.1) is 0 Å². The highest BCUT2D eigenvalue weighted by Gasteiger charge is 2.43. The van der Waals surface area contributed by atoms with Crippen LogP contribution in [0.25, 0.3) is 21.9 Å². The van der Waals surface area contributed by atoms with E-state index in [4.69, 9.17) is 18.6 Å². The Morgan fingerprint density at radius 3 is 2.64 bits per heavy atom. The van der Waals surface area contributed by atoms with Gasteiger partial charge >= 0.3 is 0 Å². The molecule has 3 atom stereocenters. The van der Waals surface area contributed by atoms with Crippen LogP contribution in [0.5, 0.6) is 11.5 Å². The van der Waals surface area contributed by atoms with Gasteiger partial charge in [-0.05, 0) is 76.0 Å². The molecule has 9 heteroatoms. The zero-order chi connectivity index (χ0) is 28.6. The molecule has 2 aromatic carbocycles. The number of likely N-dealkylation sites (tertiary alicyclic amines) is 2. The van der Waals surface area contributed by atoms with Gasteiger partial charge in [0.1, 0.15) is 36.0 Å². The maximum absolute atomic E-state index is 9.81. The summed E-state index contributed by atoms with van der Waals surface area (Å²) < 4.78 is 23.7. The van der Waals surface area contributed by atoms with Gasteiger partial charge in [0.15, 0.2) is 0 Å². The number of aliphatic hydroxyl groups excluding tert-OH is 1. The number of nitrogens with one attached hydrogen (secondary N) is 2. The van der Waals surface area contributed by atoms with Gasteiger partial charge in [0.05, 0.1) is 24.9 Å². The highest BCUT2D eigenvalue weighted by molar-refractivity contribution is 5.88. The standard InChI is InChI=1S/C33H42N4O5/c1-21(37-15-11-24(38)12-16-37)18-36-13-9-23(10-14-36)34-33-32(42-33)27-17-25-26(35-27)5-3-6-28(25)40-19-22-20-41-30-8-4-7-29(39-2)31(22)30/h3-8,17,20-21,23-24,32-35,38H,9-16,18-19H2,1-2H3/t21-,32?,33?/m0/s1. The Morgan fingerprint density at radius 1 is 1.05 bits per heavy atom. The first-order valence-corrected chi connectivity index (χ1v) is 15.4. The Labute approximate surface area is 246 Å². The summed E-state index contributed by atoms with van der Waals surface area (Å²) in [5.41, 5.74) is 3.86. The van der Waals surface area contributed by atoms with Crippen LogP contribution in [0.2, 0.25) is 0 Å². The number of epoxide rings is 1. The van der Waals surface area contributed by atoms with Crippen LogP contribution < -0.4 is 14.8 Å². The summed E-state index contributed by atoms with van der Waals surface area (Å²) in [6.45, 7) is 8.07. The van der Waals surface area contributed by atoms with Crippen LogP contribution in [0.4, 0.5) is 0 Å². The van der Waals surface area contributed by atoms with Crippen LogP contribution in [0.3, 0.4) is 0 Å². The second kappa shape index (κ2) is 11.9. The summed E-state index contributed by atoms with van der Waals surface area (Å²) >= 11 is 0. The highest BCUT2D eigenvalue weighted by Crippen LogP contribution is 2.40. The lowest BCUT2D eigenvalue weighted by Gasteiger charge is -2.39.